The lowest BCUT2D eigenvalue weighted by atomic mass is 10.3. The smallest absolute Gasteiger partial charge is 0.166 e. The summed E-state index contributed by atoms with van der Waals surface area (Å²) in [7, 11) is 1.43. The highest BCUT2D eigenvalue weighted by Crippen LogP contribution is 2.17. The lowest BCUT2D eigenvalue weighted by Crippen LogP contribution is -1.87. The Kier molecular flexibility index (Phi) is 2.48. The van der Waals surface area contributed by atoms with Crippen LogP contribution in [0.4, 0.5) is 4.39 Å². The minimum atomic E-state index is -0.342. The van der Waals surface area contributed by atoms with Crippen molar-refractivity contribution in [2.24, 2.45) is 0 Å². The van der Waals surface area contributed by atoms with E-state index in [0.717, 1.165) is 3.57 Å². The van der Waals surface area contributed by atoms with Crippen LogP contribution in [0.25, 0.3) is 0 Å². The standard InChI is InChI=1S/C7H5FIO/c1-10-7-3-2-5(9)4-6(7)8/h3-4H,1H3. The molecule has 53 valence electrons. The van der Waals surface area contributed by atoms with Gasteiger partial charge in [0.15, 0.2) is 11.6 Å². The average molecular weight is 251 g/mol. The number of benzene rings is 1. The summed E-state index contributed by atoms with van der Waals surface area (Å²) >= 11 is 1.99. The first-order valence-electron chi connectivity index (χ1n) is 2.65. The number of rotatable bonds is 1. The fourth-order valence-corrected chi connectivity index (χ4v) is 1.01. The molecule has 0 amide bonds. The molecule has 1 radical (unpaired) electrons. The third kappa shape index (κ3) is 1.59. The summed E-state index contributed by atoms with van der Waals surface area (Å²) in [6, 6.07) is 5.67. The van der Waals surface area contributed by atoms with Crippen molar-refractivity contribution in [3.63, 3.8) is 0 Å². The minimum absolute atomic E-state index is 0.236. The summed E-state index contributed by atoms with van der Waals surface area (Å²) in [5, 5.41) is 0. The third-order valence-corrected chi connectivity index (χ3v) is 1.67. The molecule has 10 heavy (non-hydrogen) atoms. The van der Waals surface area contributed by atoms with Crippen LogP contribution in [0.15, 0.2) is 12.1 Å². The van der Waals surface area contributed by atoms with E-state index in [4.69, 9.17) is 4.74 Å². The Morgan fingerprint density at radius 1 is 1.70 bits per heavy atom. The lowest BCUT2D eigenvalue weighted by molar-refractivity contribution is 0.386. The molecule has 0 aliphatic carbocycles. The molecule has 0 N–H and O–H groups in total. The number of methoxy groups -OCH3 is 1. The average Bonchev–Trinajstić information content (AvgIpc) is 1.88. The second-order valence-electron chi connectivity index (χ2n) is 1.70. The first kappa shape index (κ1) is 7.78. The van der Waals surface area contributed by atoms with Gasteiger partial charge in [0, 0.05) is 9.64 Å². The number of ether oxygens (including phenoxy) is 1. The van der Waals surface area contributed by atoms with E-state index in [0.29, 0.717) is 0 Å². The van der Waals surface area contributed by atoms with E-state index < -0.39 is 0 Å². The monoisotopic (exact) mass is 251 g/mol. The van der Waals surface area contributed by atoms with Crippen molar-refractivity contribution in [1.82, 2.24) is 0 Å². The first-order chi connectivity index (χ1) is 4.74. The second kappa shape index (κ2) is 3.18. The van der Waals surface area contributed by atoms with Gasteiger partial charge < -0.3 is 4.74 Å². The fourth-order valence-electron chi connectivity index (χ4n) is 0.584. The molecule has 0 unspecified atom stereocenters. The predicted molar refractivity (Wildman–Crippen MR) is 44.5 cm³/mol. The molecular formula is C7H5FIO. The first-order valence-corrected chi connectivity index (χ1v) is 3.72. The molecule has 0 saturated heterocycles. The Hall–Kier alpha value is -0.320. The highest BCUT2D eigenvalue weighted by Gasteiger charge is 2.00. The van der Waals surface area contributed by atoms with Gasteiger partial charge in [0.25, 0.3) is 0 Å². The van der Waals surface area contributed by atoms with E-state index in [2.05, 4.69) is 6.07 Å². The summed E-state index contributed by atoms with van der Waals surface area (Å²) < 4.78 is 18.1. The van der Waals surface area contributed by atoms with Crippen molar-refractivity contribution in [2.75, 3.05) is 7.11 Å². The van der Waals surface area contributed by atoms with Gasteiger partial charge in [0.2, 0.25) is 0 Å². The summed E-state index contributed by atoms with van der Waals surface area (Å²) in [6.07, 6.45) is 0. The van der Waals surface area contributed by atoms with Crippen molar-refractivity contribution in [3.8, 4) is 5.75 Å². The summed E-state index contributed by atoms with van der Waals surface area (Å²) in [5.74, 6) is -0.105. The van der Waals surface area contributed by atoms with Crippen molar-refractivity contribution in [3.05, 3.63) is 27.6 Å². The minimum Gasteiger partial charge on any atom is -0.494 e. The van der Waals surface area contributed by atoms with Gasteiger partial charge in [0.1, 0.15) is 0 Å². The van der Waals surface area contributed by atoms with Gasteiger partial charge in [-0.15, -0.1) is 0 Å². The molecular weight excluding hydrogens is 246 g/mol. The van der Waals surface area contributed by atoms with Gasteiger partial charge in [-0.3, -0.25) is 0 Å². The van der Waals surface area contributed by atoms with E-state index in [-0.39, 0.29) is 11.6 Å². The number of halogens is 2. The molecule has 0 saturated carbocycles. The molecule has 0 fully saturated rings. The molecule has 1 aromatic rings. The van der Waals surface area contributed by atoms with E-state index >= 15 is 0 Å². The molecule has 0 atom stereocenters. The summed E-state index contributed by atoms with van der Waals surface area (Å²) in [4.78, 5) is 0. The normalized spacial score (nSPS) is 9.50. The Balaban J connectivity index is 3.07. The zero-order valence-corrected chi connectivity index (χ0v) is 7.48. The lowest BCUT2D eigenvalue weighted by Gasteiger charge is -1.99. The largest absolute Gasteiger partial charge is 0.494 e. The molecule has 1 rings (SSSR count). The number of hydrogen-bond acceptors (Lipinski definition) is 1. The van der Waals surface area contributed by atoms with Crippen LogP contribution in [-0.2, 0) is 0 Å². The van der Waals surface area contributed by atoms with Crippen LogP contribution in [0.5, 0.6) is 5.75 Å². The van der Waals surface area contributed by atoms with Gasteiger partial charge in [-0.2, -0.15) is 0 Å². The van der Waals surface area contributed by atoms with E-state index in [9.17, 15) is 4.39 Å². The van der Waals surface area contributed by atoms with Crippen molar-refractivity contribution >= 4 is 22.6 Å². The molecule has 0 spiro atoms. The Labute approximate surface area is 72.3 Å². The molecule has 1 aromatic carbocycles. The predicted octanol–water partition coefficient (Wildman–Crippen LogP) is 2.24. The molecule has 0 bridgehead atoms. The van der Waals surface area contributed by atoms with Gasteiger partial charge in [-0.25, -0.2) is 4.39 Å². The van der Waals surface area contributed by atoms with Crippen LogP contribution in [0.1, 0.15) is 0 Å². The zero-order chi connectivity index (χ0) is 7.56. The summed E-state index contributed by atoms with van der Waals surface area (Å²) in [6.45, 7) is 0. The molecule has 0 aromatic heterocycles. The fraction of sp³-hybridized carbons (Fsp3) is 0.143. The Morgan fingerprint density at radius 2 is 2.40 bits per heavy atom. The van der Waals surface area contributed by atoms with Crippen molar-refractivity contribution in [1.29, 1.82) is 0 Å². The van der Waals surface area contributed by atoms with Gasteiger partial charge >= 0.3 is 0 Å². The maximum Gasteiger partial charge on any atom is 0.166 e. The third-order valence-electron chi connectivity index (χ3n) is 1.05. The van der Waals surface area contributed by atoms with Crippen LogP contribution in [0.3, 0.4) is 0 Å². The topological polar surface area (TPSA) is 9.23 Å². The van der Waals surface area contributed by atoms with Crippen LogP contribution in [-0.4, -0.2) is 7.11 Å². The zero-order valence-electron chi connectivity index (χ0n) is 5.32. The van der Waals surface area contributed by atoms with Crippen LogP contribution in [0, 0.1) is 15.5 Å². The molecule has 1 nitrogen and oxygen atoms in total. The van der Waals surface area contributed by atoms with E-state index in [1.165, 1.54) is 19.2 Å². The highest BCUT2D eigenvalue weighted by molar-refractivity contribution is 14.1. The maximum absolute atomic E-state index is 12.7. The highest BCUT2D eigenvalue weighted by atomic mass is 127. The van der Waals surface area contributed by atoms with E-state index in [1.54, 1.807) is 0 Å². The van der Waals surface area contributed by atoms with Gasteiger partial charge in [0.05, 0.1) is 7.11 Å². The van der Waals surface area contributed by atoms with Crippen molar-refractivity contribution < 1.29 is 9.13 Å². The van der Waals surface area contributed by atoms with Crippen molar-refractivity contribution in [2.45, 2.75) is 0 Å². The SMILES string of the molecule is COc1c[c]c(I)cc1F. The second-order valence-corrected chi connectivity index (χ2v) is 2.86. The quantitative estimate of drug-likeness (QED) is 0.695. The maximum atomic E-state index is 12.7. The van der Waals surface area contributed by atoms with Crippen LogP contribution >= 0.6 is 22.6 Å². The van der Waals surface area contributed by atoms with Crippen LogP contribution < -0.4 is 4.74 Å². The van der Waals surface area contributed by atoms with E-state index in [1.807, 2.05) is 22.6 Å². The molecule has 0 aliphatic heterocycles. The van der Waals surface area contributed by atoms with Gasteiger partial charge in [-0.1, -0.05) is 0 Å². The molecule has 3 heteroatoms. The Bertz CT molecular complexity index is 237. The Morgan fingerprint density at radius 3 is 2.90 bits per heavy atom. The summed E-state index contributed by atoms with van der Waals surface area (Å²) in [5.41, 5.74) is 0. The van der Waals surface area contributed by atoms with Gasteiger partial charge in [-0.05, 0) is 34.7 Å². The molecule has 0 heterocycles. The number of hydrogen-bond donors (Lipinski definition) is 0. The molecule has 0 aliphatic rings. The van der Waals surface area contributed by atoms with Crippen LogP contribution in [0.2, 0.25) is 0 Å².